The molecule has 1 aromatic rings. The van der Waals surface area contributed by atoms with E-state index < -0.39 is 5.60 Å². The molecular formula is C18H27Cl2N3O3. The highest BCUT2D eigenvalue weighted by molar-refractivity contribution is 6.32. The van der Waals surface area contributed by atoms with Crippen LogP contribution in [0.3, 0.4) is 0 Å². The average molecular weight is 404 g/mol. The fourth-order valence-corrected chi connectivity index (χ4v) is 3.29. The summed E-state index contributed by atoms with van der Waals surface area (Å²) in [5.41, 5.74) is 0.242. The molecule has 2 heterocycles. The van der Waals surface area contributed by atoms with Gasteiger partial charge in [0.1, 0.15) is 10.8 Å². The molecule has 1 aromatic heterocycles. The summed E-state index contributed by atoms with van der Waals surface area (Å²) in [5, 5.41) is 0.437. The summed E-state index contributed by atoms with van der Waals surface area (Å²) in [4.78, 5) is 22.1. The van der Waals surface area contributed by atoms with Gasteiger partial charge in [0.05, 0.1) is 6.61 Å². The molecule has 0 aromatic carbocycles. The number of amides is 1. The molecule has 1 aliphatic rings. The van der Waals surface area contributed by atoms with Gasteiger partial charge in [0, 0.05) is 31.0 Å². The summed E-state index contributed by atoms with van der Waals surface area (Å²) < 4.78 is 11.2. The van der Waals surface area contributed by atoms with Crippen LogP contribution in [-0.4, -0.2) is 45.8 Å². The van der Waals surface area contributed by atoms with Crippen LogP contribution in [-0.2, 0) is 16.1 Å². The smallest absolute Gasteiger partial charge is 0.410 e. The molecule has 0 bridgehead atoms. The normalized spacial score (nSPS) is 18.0. The van der Waals surface area contributed by atoms with Crippen LogP contribution >= 0.6 is 23.2 Å². The van der Waals surface area contributed by atoms with Crippen LogP contribution in [0.4, 0.5) is 4.79 Å². The van der Waals surface area contributed by atoms with Crippen LogP contribution in [0, 0.1) is 0 Å². The molecule has 1 amide bonds. The topological polar surface area (TPSA) is 64.5 Å². The second-order valence-electron chi connectivity index (χ2n) is 7.47. The van der Waals surface area contributed by atoms with Gasteiger partial charge in [-0.15, -0.1) is 0 Å². The van der Waals surface area contributed by atoms with Crippen LogP contribution in [0.5, 0.6) is 0 Å². The van der Waals surface area contributed by atoms with E-state index in [4.69, 9.17) is 32.7 Å². The predicted molar refractivity (Wildman–Crippen MR) is 102 cm³/mol. The van der Waals surface area contributed by atoms with E-state index in [0.717, 1.165) is 38.6 Å². The molecule has 146 valence electrons. The van der Waals surface area contributed by atoms with E-state index in [1.807, 2.05) is 25.7 Å². The SMILES string of the molecule is CC(C)(C)OC(=O)N1CCCC[C@H]1CCCOCc1cnc(Cl)nc1Cl. The van der Waals surface area contributed by atoms with Crippen molar-refractivity contribution in [1.29, 1.82) is 0 Å². The third-order valence-corrected chi connectivity index (χ3v) is 4.63. The second kappa shape index (κ2) is 9.72. The largest absolute Gasteiger partial charge is 0.444 e. The molecule has 26 heavy (non-hydrogen) atoms. The van der Waals surface area contributed by atoms with E-state index >= 15 is 0 Å². The number of hydrogen-bond donors (Lipinski definition) is 0. The molecule has 8 heteroatoms. The molecule has 0 saturated carbocycles. The van der Waals surface area contributed by atoms with Crippen LogP contribution in [0.25, 0.3) is 0 Å². The molecule has 0 aliphatic carbocycles. The summed E-state index contributed by atoms with van der Waals surface area (Å²) in [7, 11) is 0. The molecule has 0 N–H and O–H groups in total. The first-order valence-corrected chi connectivity index (χ1v) is 9.76. The van der Waals surface area contributed by atoms with Crippen molar-refractivity contribution in [1.82, 2.24) is 14.9 Å². The molecule has 1 fully saturated rings. The first-order valence-electron chi connectivity index (χ1n) is 9.00. The number of aromatic nitrogens is 2. The maximum absolute atomic E-state index is 12.4. The minimum absolute atomic E-state index is 0.123. The number of likely N-dealkylation sites (tertiary alicyclic amines) is 1. The van der Waals surface area contributed by atoms with E-state index in [-0.39, 0.29) is 17.4 Å². The number of halogens is 2. The molecule has 0 unspecified atom stereocenters. The highest BCUT2D eigenvalue weighted by Gasteiger charge is 2.29. The van der Waals surface area contributed by atoms with Gasteiger partial charge < -0.3 is 14.4 Å². The van der Waals surface area contributed by atoms with Gasteiger partial charge in [-0.05, 0) is 64.5 Å². The Balaban J connectivity index is 1.75. The Morgan fingerprint density at radius 3 is 2.81 bits per heavy atom. The number of piperidine rings is 1. The zero-order valence-corrected chi connectivity index (χ0v) is 17.1. The third kappa shape index (κ3) is 6.89. The lowest BCUT2D eigenvalue weighted by Crippen LogP contribution is -2.46. The van der Waals surface area contributed by atoms with Crippen molar-refractivity contribution in [3.63, 3.8) is 0 Å². The van der Waals surface area contributed by atoms with Crippen LogP contribution in [0.1, 0.15) is 58.4 Å². The van der Waals surface area contributed by atoms with E-state index in [0.29, 0.717) is 23.9 Å². The van der Waals surface area contributed by atoms with Crippen molar-refractivity contribution in [3.05, 3.63) is 22.2 Å². The minimum Gasteiger partial charge on any atom is -0.444 e. The first kappa shape index (κ1) is 21.2. The van der Waals surface area contributed by atoms with Crippen molar-refractivity contribution >= 4 is 29.3 Å². The quantitative estimate of drug-likeness (QED) is 0.385. The van der Waals surface area contributed by atoms with Gasteiger partial charge in [-0.3, -0.25) is 0 Å². The highest BCUT2D eigenvalue weighted by Crippen LogP contribution is 2.23. The summed E-state index contributed by atoms with van der Waals surface area (Å²) in [5.74, 6) is 0. The van der Waals surface area contributed by atoms with E-state index in [9.17, 15) is 4.79 Å². The lowest BCUT2D eigenvalue weighted by molar-refractivity contribution is 0.00726. The molecular weight excluding hydrogens is 377 g/mol. The van der Waals surface area contributed by atoms with Crippen LogP contribution in [0.15, 0.2) is 6.20 Å². The molecule has 1 atom stereocenters. The number of hydrogen-bond acceptors (Lipinski definition) is 5. The Bertz CT molecular complexity index is 608. The Morgan fingerprint density at radius 2 is 2.12 bits per heavy atom. The van der Waals surface area contributed by atoms with Gasteiger partial charge in [-0.25, -0.2) is 14.8 Å². The fraction of sp³-hybridized carbons (Fsp3) is 0.722. The van der Waals surface area contributed by atoms with Crippen molar-refractivity contribution in [2.24, 2.45) is 0 Å². The lowest BCUT2D eigenvalue weighted by atomic mass is 9.98. The number of ether oxygens (including phenoxy) is 2. The van der Waals surface area contributed by atoms with Crippen molar-refractivity contribution < 1.29 is 14.3 Å². The molecule has 0 spiro atoms. The van der Waals surface area contributed by atoms with Gasteiger partial charge in [0.25, 0.3) is 0 Å². The minimum atomic E-state index is -0.470. The standard InChI is InChI=1S/C18H27Cl2N3O3/c1-18(2,3)26-17(24)23-9-5-4-7-14(23)8-6-10-25-12-13-11-21-16(20)22-15(13)19/h11,14H,4-10,12H2,1-3H3/t14-/m0/s1. The molecule has 0 radical (unpaired) electrons. The lowest BCUT2D eigenvalue weighted by Gasteiger charge is -2.36. The number of carbonyl (C=O) groups excluding carboxylic acids is 1. The molecule has 1 aliphatic heterocycles. The number of nitrogens with zero attached hydrogens (tertiary/aromatic N) is 3. The van der Waals surface area contributed by atoms with Gasteiger partial charge in [0.15, 0.2) is 0 Å². The van der Waals surface area contributed by atoms with Gasteiger partial charge in [-0.2, -0.15) is 0 Å². The monoisotopic (exact) mass is 403 g/mol. The molecule has 2 rings (SSSR count). The van der Waals surface area contributed by atoms with Gasteiger partial charge >= 0.3 is 6.09 Å². The highest BCUT2D eigenvalue weighted by atomic mass is 35.5. The van der Waals surface area contributed by atoms with Crippen LogP contribution < -0.4 is 0 Å². The zero-order chi connectivity index (χ0) is 19.2. The average Bonchev–Trinajstić information content (AvgIpc) is 2.55. The third-order valence-electron chi connectivity index (χ3n) is 4.12. The summed E-state index contributed by atoms with van der Waals surface area (Å²) in [6.07, 6.45) is 6.29. The Morgan fingerprint density at radius 1 is 1.35 bits per heavy atom. The Labute approximate surface area is 165 Å². The maximum atomic E-state index is 12.4. The van der Waals surface area contributed by atoms with Crippen molar-refractivity contribution in [2.45, 2.75) is 71.1 Å². The van der Waals surface area contributed by atoms with E-state index in [2.05, 4.69) is 9.97 Å². The van der Waals surface area contributed by atoms with Crippen molar-refractivity contribution in [2.75, 3.05) is 13.2 Å². The zero-order valence-electron chi connectivity index (χ0n) is 15.6. The predicted octanol–water partition coefficient (Wildman–Crippen LogP) is 4.87. The summed E-state index contributed by atoms with van der Waals surface area (Å²) in [6, 6.07) is 0.213. The van der Waals surface area contributed by atoms with Crippen molar-refractivity contribution in [3.8, 4) is 0 Å². The second-order valence-corrected chi connectivity index (χ2v) is 8.17. The first-order chi connectivity index (χ1) is 12.3. The number of carbonyl (C=O) groups is 1. The van der Waals surface area contributed by atoms with E-state index in [1.54, 1.807) is 6.20 Å². The summed E-state index contributed by atoms with van der Waals surface area (Å²) in [6.45, 7) is 7.36. The summed E-state index contributed by atoms with van der Waals surface area (Å²) >= 11 is 11.7. The molecule has 6 nitrogen and oxygen atoms in total. The Hall–Kier alpha value is -1.11. The van der Waals surface area contributed by atoms with Gasteiger partial charge in [0.2, 0.25) is 5.28 Å². The molecule has 1 saturated heterocycles. The Kier molecular flexibility index (Phi) is 7.92. The maximum Gasteiger partial charge on any atom is 0.410 e. The van der Waals surface area contributed by atoms with E-state index in [1.165, 1.54) is 0 Å². The fourth-order valence-electron chi connectivity index (χ4n) is 2.93. The van der Waals surface area contributed by atoms with Gasteiger partial charge in [-0.1, -0.05) is 11.6 Å². The number of rotatable bonds is 6. The van der Waals surface area contributed by atoms with Crippen LogP contribution in [0.2, 0.25) is 10.4 Å².